The monoisotopic (exact) mass is 210 g/mol. The summed E-state index contributed by atoms with van der Waals surface area (Å²) in [7, 11) is 0. The lowest BCUT2D eigenvalue weighted by atomic mass is 9.84. The van der Waals surface area contributed by atoms with E-state index in [0.29, 0.717) is 0 Å². The maximum Gasteiger partial charge on any atom is 0.0195 e. The molecule has 0 spiro atoms. The van der Waals surface area contributed by atoms with Crippen molar-refractivity contribution < 1.29 is 0 Å². The highest BCUT2D eigenvalue weighted by Crippen LogP contribution is 2.26. The highest BCUT2D eigenvalue weighted by molar-refractivity contribution is 4.82. The Bertz CT molecular complexity index is 167. The first kappa shape index (κ1) is 11.4. The molecule has 1 saturated carbocycles. The van der Waals surface area contributed by atoms with Gasteiger partial charge < -0.3 is 10.6 Å². The van der Waals surface area contributed by atoms with Gasteiger partial charge in [0.2, 0.25) is 0 Å². The van der Waals surface area contributed by atoms with Gasteiger partial charge in [0.05, 0.1) is 0 Å². The highest BCUT2D eigenvalue weighted by atomic mass is 15.0. The van der Waals surface area contributed by atoms with Crippen molar-refractivity contribution in [2.45, 2.75) is 64.0 Å². The highest BCUT2D eigenvalue weighted by Gasteiger charge is 2.22. The fourth-order valence-corrected chi connectivity index (χ4v) is 3.06. The molecule has 2 heteroatoms. The minimum absolute atomic E-state index is 0.752. The molecule has 0 amide bonds. The number of hydrogen-bond acceptors (Lipinski definition) is 2. The van der Waals surface area contributed by atoms with Crippen LogP contribution in [0.5, 0.6) is 0 Å². The van der Waals surface area contributed by atoms with Crippen LogP contribution in [-0.4, -0.2) is 25.2 Å². The van der Waals surface area contributed by atoms with Crippen molar-refractivity contribution in [2.24, 2.45) is 5.92 Å². The van der Waals surface area contributed by atoms with E-state index in [9.17, 15) is 0 Å². The lowest BCUT2D eigenvalue weighted by Crippen LogP contribution is -2.48. The summed E-state index contributed by atoms with van der Waals surface area (Å²) < 4.78 is 0. The van der Waals surface area contributed by atoms with E-state index in [0.717, 1.165) is 18.0 Å². The third-order valence-electron chi connectivity index (χ3n) is 4.19. The van der Waals surface area contributed by atoms with Gasteiger partial charge >= 0.3 is 0 Å². The summed E-state index contributed by atoms with van der Waals surface area (Å²) in [6.45, 7) is 4.75. The molecule has 88 valence electrons. The second kappa shape index (κ2) is 5.86. The van der Waals surface area contributed by atoms with Crippen LogP contribution >= 0.6 is 0 Å². The summed E-state index contributed by atoms with van der Waals surface area (Å²) in [4.78, 5) is 0. The number of piperidine rings is 1. The quantitative estimate of drug-likeness (QED) is 0.747. The lowest BCUT2D eigenvalue weighted by molar-refractivity contribution is 0.253. The fraction of sp³-hybridized carbons (Fsp3) is 1.00. The van der Waals surface area contributed by atoms with Gasteiger partial charge in [0, 0.05) is 18.6 Å². The Morgan fingerprint density at radius 1 is 1.07 bits per heavy atom. The van der Waals surface area contributed by atoms with Crippen LogP contribution in [-0.2, 0) is 0 Å². The first-order valence-corrected chi connectivity index (χ1v) is 6.85. The number of nitrogens with one attached hydrogen (secondary N) is 2. The van der Waals surface area contributed by atoms with Gasteiger partial charge in [0.15, 0.2) is 0 Å². The molecule has 0 aromatic carbocycles. The second-order valence-corrected chi connectivity index (χ2v) is 5.34. The molecule has 1 saturated heterocycles. The Hall–Kier alpha value is -0.0800. The van der Waals surface area contributed by atoms with Gasteiger partial charge in [0.25, 0.3) is 0 Å². The summed E-state index contributed by atoms with van der Waals surface area (Å²) in [5.74, 6) is 1.02. The maximum atomic E-state index is 3.84. The molecule has 1 aliphatic carbocycles. The molecule has 0 bridgehead atoms. The van der Waals surface area contributed by atoms with E-state index in [1.165, 1.54) is 58.0 Å². The van der Waals surface area contributed by atoms with Crippen LogP contribution in [0.1, 0.15) is 51.9 Å². The molecule has 0 aromatic rings. The summed E-state index contributed by atoms with van der Waals surface area (Å²) in [6.07, 6.45) is 9.84. The third kappa shape index (κ3) is 3.46. The Morgan fingerprint density at radius 3 is 2.47 bits per heavy atom. The van der Waals surface area contributed by atoms with E-state index in [2.05, 4.69) is 17.6 Å². The molecular weight excluding hydrogens is 184 g/mol. The van der Waals surface area contributed by atoms with Crippen LogP contribution in [0, 0.1) is 5.92 Å². The van der Waals surface area contributed by atoms with Gasteiger partial charge in [-0.25, -0.2) is 0 Å². The van der Waals surface area contributed by atoms with E-state index < -0.39 is 0 Å². The average Bonchev–Trinajstić information content (AvgIpc) is 2.31. The van der Waals surface area contributed by atoms with Gasteiger partial charge in [-0.05, 0) is 51.0 Å². The number of hydrogen-bond donors (Lipinski definition) is 2. The molecule has 2 aliphatic rings. The summed E-state index contributed by atoms with van der Waals surface area (Å²) in [6, 6.07) is 1.57. The summed E-state index contributed by atoms with van der Waals surface area (Å²) >= 11 is 0. The van der Waals surface area contributed by atoms with Gasteiger partial charge in [-0.2, -0.15) is 0 Å². The zero-order valence-electron chi connectivity index (χ0n) is 10.1. The molecule has 0 radical (unpaired) electrons. The van der Waals surface area contributed by atoms with Crippen LogP contribution in [0.15, 0.2) is 0 Å². The molecule has 2 nitrogen and oxygen atoms in total. The topological polar surface area (TPSA) is 24.1 Å². The minimum Gasteiger partial charge on any atom is -0.315 e. The van der Waals surface area contributed by atoms with Gasteiger partial charge in [-0.15, -0.1) is 0 Å². The fourth-order valence-electron chi connectivity index (χ4n) is 3.06. The van der Waals surface area contributed by atoms with E-state index in [-0.39, 0.29) is 0 Å². The van der Waals surface area contributed by atoms with Crippen LogP contribution in [0.4, 0.5) is 0 Å². The molecule has 0 aromatic heterocycles. The van der Waals surface area contributed by atoms with Gasteiger partial charge in [-0.1, -0.05) is 13.3 Å². The van der Waals surface area contributed by atoms with Crippen molar-refractivity contribution in [3.63, 3.8) is 0 Å². The molecule has 1 aliphatic heterocycles. The van der Waals surface area contributed by atoms with E-state index in [1.807, 2.05) is 0 Å². The van der Waals surface area contributed by atoms with E-state index in [1.54, 1.807) is 0 Å². The van der Waals surface area contributed by atoms with Crippen LogP contribution in [0.2, 0.25) is 0 Å². The summed E-state index contributed by atoms with van der Waals surface area (Å²) in [5, 5.41) is 7.32. The van der Waals surface area contributed by atoms with Gasteiger partial charge in [0.1, 0.15) is 0 Å². The van der Waals surface area contributed by atoms with Crippen LogP contribution in [0.25, 0.3) is 0 Å². The first-order chi connectivity index (χ1) is 7.38. The molecule has 2 rings (SSSR count). The first-order valence-electron chi connectivity index (χ1n) is 6.85. The molecule has 2 N–H and O–H groups in total. The largest absolute Gasteiger partial charge is 0.315 e. The van der Waals surface area contributed by atoms with Gasteiger partial charge in [-0.3, -0.25) is 0 Å². The van der Waals surface area contributed by atoms with Crippen molar-refractivity contribution >= 4 is 0 Å². The van der Waals surface area contributed by atoms with Crippen molar-refractivity contribution in [3.8, 4) is 0 Å². The van der Waals surface area contributed by atoms with E-state index in [4.69, 9.17) is 0 Å². The Kier molecular flexibility index (Phi) is 4.45. The normalized spacial score (nSPS) is 37.8. The lowest BCUT2D eigenvalue weighted by Gasteiger charge is -2.33. The van der Waals surface area contributed by atoms with Crippen LogP contribution < -0.4 is 10.6 Å². The van der Waals surface area contributed by atoms with Crippen molar-refractivity contribution in [1.29, 1.82) is 0 Å². The van der Waals surface area contributed by atoms with E-state index >= 15 is 0 Å². The molecular formula is C13H26N2. The van der Waals surface area contributed by atoms with Crippen LogP contribution in [0.3, 0.4) is 0 Å². The smallest absolute Gasteiger partial charge is 0.0195 e. The zero-order chi connectivity index (χ0) is 10.5. The average molecular weight is 210 g/mol. The minimum atomic E-state index is 0.752. The van der Waals surface area contributed by atoms with Crippen molar-refractivity contribution in [2.75, 3.05) is 13.1 Å². The summed E-state index contributed by atoms with van der Waals surface area (Å²) in [5.41, 5.74) is 0. The second-order valence-electron chi connectivity index (χ2n) is 5.34. The maximum absolute atomic E-state index is 3.84. The Morgan fingerprint density at radius 2 is 1.87 bits per heavy atom. The molecule has 2 fully saturated rings. The van der Waals surface area contributed by atoms with Crippen molar-refractivity contribution in [3.05, 3.63) is 0 Å². The molecule has 1 unspecified atom stereocenters. The standard InChI is InChI=1S/C13H26N2/c1-2-11-5-7-12(8-6-11)15-13-4-3-9-14-10-13/h11-15H,2-10H2,1H3. The Labute approximate surface area is 94.2 Å². The predicted octanol–water partition coefficient (Wildman–Crippen LogP) is 2.30. The zero-order valence-corrected chi connectivity index (χ0v) is 10.1. The number of rotatable bonds is 3. The Balaban J connectivity index is 1.67. The molecule has 1 atom stereocenters. The molecule has 15 heavy (non-hydrogen) atoms. The predicted molar refractivity (Wildman–Crippen MR) is 65.1 cm³/mol. The van der Waals surface area contributed by atoms with Crippen molar-refractivity contribution in [1.82, 2.24) is 10.6 Å². The third-order valence-corrected chi connectivity index (χ3v) is 4.19. The molecule has 1 heterocycles. The SMILES string of the molecule is CCC1CCC(NC2CCCNC2)CC1.